The summed E-state index contributed by atoms with van der Waals surface area (Å²) in [7, 11) is 0. The van der Waals surface area contributed by atoms with Crippen LogP contribution in [0.3, 0.4) is 0 Å². The second-order valence-corrected chi connectivity index (χ2v) is 8.61. The van der Waals surface area contributed by atoms with E-state index in [0.717, 1.165) is 5.11 Å². The van der Waals surface area contributed by atoms with Crippen LogP contribution < -0.4 is 10.6 Å². The van der Waals surface area contributed by atoms with E-state index in [1.54, 1.807) is 0 Å². The Kier molecular flexibility index (Phi) is 8.84. The van der Waals surface area contributed by atoms with Gasteiger partial charge in [-0.25, -0.2) is 0 Å². The molecule has 0 aromatic heterocycles. The molecule has 0 aromatic carbocycles. The van der Waals surface area contributed by atoms with E-state index in [9.17, 15) is 0 Å². The summed E-state index contributed by atoms with van der Waals surface area (Å²) in [6.07, 6.45) is 7.67. The van der Waals surface area contributed by atoms with Crippen molar-refractivity contribution in [3.05, 3.63) is 0 Å². The SMILES string of the molecule is CCCN(CCC)[C@@H]1CCCC[C@H]1NC(=S)N[C@H](C)C(C)(C)C. The molecule has 1 fully saturated rings. The molecule has 0 bridgehead atoms. The summed E-state index contributed by atoms with van der Waals surface area (Å²) in [5.41, 5.74) is 0.216. The topological polar surface area (TPSA) is 27.3 Å². The van der Waals surface area contributed by atoms with Gasteiger partial charge in [-0.1, -0.05) is 47.5 Å². The molecule has 1 saturated carbocycles. The van der Waals surface area contributed by atoms with Crippen LogP contribution in [0.5, 0.6) is 0 Å². The molecular formula is C19H39N3S. The van der Waals surface area contributed by atoms with Crippen LogP contribution in [0.25, 0.3) is 0 Å². The minimum Gasteiger partial charge on any atom is -0.360 e. The average Bonchev–Trinajstić information content (AvgIpc) is 2.46. The van der Waals surface area contributed by atoms with E-state index in [1.165, 1.54) is 51.6 Å². The van der Waals surface area contributed by atoms with Crippen LogP contribution >= 0.6 is 12.2 Å². The fourth-order valence-corrected chi connectivity index (χ4v) is 3.69. The predicted molar refractivity (Wildman–Crippen MR) is 106 cm³/mol. The van der Waals surface area contributed by atoms with Crippen molar-refractivity contribution in [1.29, 1.82) is 0 Å². The molecule has 3 nitrogen and oxygen atoms in total. The Labute approximate surface area is 150 Å². The standard InChI is InChI=1S/C19H39N3S/c1-7-13-22(14-8-2)17-12-10-9-11-16(17)21-18(23)20-15(3)19(4,5)6/h15-17H,7-14H2,1-6H3,(H2,20,21,23)/t15-,16-,17-/m1/s1. The van der Waals surface area contributed by atoms with Gasteiger partial charge in [0, 0.05) is 18.1 Å². The molecule has 4 heteroatoms. The van der Waals surface area contributed by atoms with Crippen molar-refractivity contribution in [2.75, 3.05) is 13.1 Å². The van der Waals surface area contributed by atoms with Crippen LogP contribution in [-0.4, -0.2) is 41.2 Å². The van der Waals surface area contributed by atoms with E-state index >= 15 is 0 Å². The lowest BCUT2D eigenvalue weighted by Crippen LogP contribution is -2.57. The third-order valence-electron chi connectivity index (χ3n) is 5.18. The van der Waals surface area contributed by atoms with Crippen molar-refractivity contribution >= 4 is 17.3 Å². The predicted octanol–water partition coefficient (Wildman–Crippen LogP) is 4.32. The highest BCUT2D eigenvalue weighted by Gasteiger charge is 2.30. The fraction of sp³-hybridized carbons (Fsp3) is 0.947. The molecule has 136 valence electrons. The maximum absolute atomic E-state index is 5.61. The molecule has 0 amide bonds. The summed E-state index contributed by atoms with van der Waals surface area (Å²) >= 11 is 5.61. The lowest BCUT2D eigenvalue weighted by molar-refractivity contribution is 0.129. The number of thiocarbonyl (C=S) groups is 1. The Balaban J connectivity index is 2.65. The van der Waals surface area contributed by atoms with Gasteiger partial charge in [-0.2, -0.15) is 0 Å². The van der Waals surface area contributed by atoms with Gasteiger partial charge >= 0.3 is 0 Å². The third-order valence-corrected chi connectivity index (χ3v) is 5.42. The molecule has 0 unspecified atom stereocenters. The number of hydrogen-bond donors (Lipinski definition) is 2. The average molecular weight is 342 g/mol. The highest BCUT2D eigenvalue weighted by atomic mass is 32.1. The summed E-state index contributed by atoms with van der Waals surface area (Å²) in [5.74, 6) is 0. The lowest BCUT2D eigenvalue weighted by Gasteiger charge is -2.41. The van der Waals surface area contributed by atoms with Crippen LogP contribution in [0.2, 0.25) is 0 Å². The zero-order valence-corrected chi connectivity index (χ0v) is 17.1. The molecule has 0 aromatic rings. The van der Waals surface area contributed by atoms with Crippen LogP contribution in [0.15, 0.2) is 0 Å². The van der Waals surface area contributed by atoms with E-state index in [-0.39, 0.29) is 5.41 Å². The zero-order valence-electron chi connectivity index (χ0n) is 16.2. The van der Waals surface area contributed by atoms with Crippen molar-refractivity contribution in [1.82, 2.24) is 15.5 Å². The normalized spacial score (nSPS) is 23.6. The minimum atomic E-state index is 0.216. The first-order chi connectivity index (χ1) is 10.8. The number of hydrogen-bond acceptors (Lipinski definition) is 2. The second kappa shape index (κ2) is 9.83. The molecule has 23 heavy (non-hydrogen) atoms. The van der Waals surface area contributed by atoms with E-state index in [4.69, 9.17) is 12.2 Å². The third kappa shape index (κ3) is 6.96. The van der Waals surface area contributed by atoms with Crippen LogP contribution in [0.4, 0.5) is 0 Å². The maximum Gasteiger partial charge on any atom is 0.166 e. The van der Waals surface area contributed by atoms with Gasteiger partial charge < -0.3 is 10.6 Å². The number of nitrogens with one attached hydrogen (secondary N) is 2. The molecule has 0 saturated heterocycles. The van der Waals surface area contributed by atoms with Gasteiger partial charge in [-0.15, -0.1) is 0 Å². The van der Waals surface area contributed by atoms with Crippen molar-refractivity contribution < 1.29 is 0 Å². The van der Waals surface area contributed by atoms with Crippen molar-refractivity contribution in [2.24, 2.45) is 5.41 Å². The monoisotopic (exact) mass is 341 g/mol. The maximum atomic E-state index is 5.61. The molecule has 1 rings (SSSR count). The largest absolute Gasteiger partial charge is 0.360 e. The van der Waals surface area contributed by atoms with Gasteiger partial charge in [0.25, 0.3) is 0 Å². The van der Waals surface area contributed by atoms with E-state index < -0.39 is 0 Å². The van der Waals surface area contributed by atoms with Crippen LogP contribution in [-0.2, 0) is 0 Å². The molecular weight excluding hydrogens is 302 g/mol. The molecule has 1 aliphatic carbocycles. The van der Waals surface area contributed by atoms with Gasteiger partial charge in [0.2, 0.25) is 0 Å². The van der Waals surface area contributed by atoms with Gasteiger partial charge in [0.05, 0.1) is 0 Å². The Morgan fingerprint density at radius 3 is 2.22 bits per heavy atom. The van der Waals surface area contributed by atoms with Crippen molar-refractivity contribution in [3.63, 3.8) is 0 Å². The highest BCUT2D eigenvalue weighted by molar-refractivity contribution is 7.80. The Morgan fingerprint density at radius 2 is 1.70 bits per heavy atom. The first kappa shape index (κ1) is 20.7. The lowest BCUT2D eigenvalue weighted by atomic mass is 9.88. The summed E-state index contributed by atoms with van der Waals surface area (Å²) in [5, 5.41) is 7.97. The quantitative estimate of drug-likeness (QED) is 0.675. The van der Waals surface area contributed by atoms with Crippen molar-refractivity contribution in [2.45, 2.75) is 98.2 Å². The smallest absolute Gasteiger partial charge is 0.166 e. The Morgan fingerprint density at radius 1 is 1.13 bits per heavy atom. The van der Waals surface area contributed by atoms with Gasteiger partial charge in [-0.3, -0.25) is 4.90 Å². The highest BCUT2D eigenvalue weighted by Crippen LogP contribution is 2.24. The molecule has 0 heterocycles. The van der Waals surface area contributed by atoms with E-state index in [2.05, 4.69) is 57.1 Å². The summed E-state index contributed by atoms with van der Waals surface area (Å²) in [6, 6.07) is 1.49. The molecule has 0 spiro atoms. The van der Waals surface area contributed by atoms with Gasteiger partial charge in [0.1, 0.15) is 0 Å². The molecule has 0 aliphatic heterocycles. The Bertz CT molecular complexity index is 345. The Hall–Kier alpha value is -0.350. The van der Waals surface area contributed by atoms with Gasteiger partial charge in [0.15, 0.2) is 5.11 Å². The van der Waals surface area contributed by atoms with Crippen LogP contribution in [0, 0.1) is 5.41 Å². The first-order valence-electron chi connectivity index (χ1n) is 9.60. The minimum absolute atomic E-state index is 0.216. The van der Waals surface area contributed by atoms with E-state index in [1.807, 2.05) is 0 Å². The fourth-order valence-electron chi connectivity index (χ4n) is 3.36. The van der Waals surface area contributed by atoms with Crippen LogP contribution in [0.1, 0.15) is 80.1 Å². The van der Waals surface area contributed by atoms with Crippen molar-refractivity contribution in [3.8, 4) is 0 Å². The number of rotatable bonds is 7. The molecule has 3 atom stereocenters. The van der Waals surface area contributed by atoms with Gasteiger partial charge in [-0.05, 0) is 63.3 Å². The second-order valence-electron chi connectivity index (χ2n) is 8.20. The first-order valence-corrected chi connectivity index (χ1v) is 10.0. The summed E-state index contributed by atoms with van der Waals surface area (Å²) in [4.78, 5) is 2.69. The molecule has 1 aliphatic rings. The summed E-state index contributed by atoms with van der Waals surface area (Å²) < 4.78 is 0. The molecule has 2 N–H and O–H groups in total. The zero-order chi connectivity index (χ0) is 17.5. The van der Waals surface area contributed by atoms with E-state index in [0.29, 0.717) is 18.1 Å². The number of nitrogens with zero attached hydrogens (tertiary/aromatic N) is 1. The molecule has 0 radical (unpaired) electrons. The summed E-state index contributed by atoms with van der Waals surface area (Å²) in [6.45, 7) is 15.9.